The highest BCUT2D eigenvalue weighted by Gasteiger charge is 1.98. The van der Waals surface area contributed by atoms with Crippen LogP contribution in [0, 0.1) is 0 Å². The van der Waals surface area contributed by atoms with Crippen LogP contribution in [-0.2, 0) is 22.4 Å². The molecule has 0 unspecified atom stereocenters. The minimum atomic E-state index is 0.522. The third-order valence-corrected chi connectivity index (χ3v) is 4.69. The first kappa shape index (κ1) is 21.0. The molecule has 2 rings (SSSR count). The van der Waals surface area contributed by atoms with Crippen molar-refractivity contribution in [2.75, 3.05) is 13.2 Å². The fourth-order valence-electron chi connectivity index (χ4n) is 3.11. The third-order valence-electron chi connectivity index (χ3n) is 4.69. The first-order chi connectivity index (χ1) is 13.4. The van der Waals surface area contributed by atoms with Crippen molar-refractivity contribution in [1.82, 2.24) is 0 Å². The molecule has 0 saturated carbocycles. The van der Waals surface area contributed by atoms with Crippen molar-refractivity contribution in [2.45, 2.75) is 57.8 Å². The Labute approximate surface area is 163 Å². The zero-order chi connectivity index (χ0) is 19.0. The second kappa shape index (κ2) is 13.9. The lowest BCUT2D eigenvalue weighted by Gasteiger charge is -2.08. The number of rotatable bonds is 15. The number of ether oxygens (including phenoxy) is 2. The summed E-state index contributed by atoms with van der Waals surface area (Å²) < 4.78 is 10.5. The lowest BCUT2D eigenvalue weighted by molar-refractivity contribution is -0.128. The summed E-state index contributed by atoms with van der Waals surface area (Å²) in [7, 11) is 0. The zero-order valence-corrected chi connectivity index (χ0v) is 16.3. The van der Waals surface area contributed by atoms with E-state index in [4.69, 9.17) is 9.47 Å². The van der Waals surface area contributed by atoms with Gasteiger partial charge >= 0.3 is 0 Å². The smallest absolute Gasteiger partial charge is 0.293 e. The van der Waals surface area contributed by atoms with E-state index in [2.05, 4.69) is 54.6 Å². The molecule has 0 aliphatic rings. The van der Waals surface area contributed by atoms with Crippen molar-refractivity contribution >= 4 is 6.47 Å². The van der Waals surface area contributed by atoms with Crippen LogP contribution in [0.25, 0.3) is 0 Å². The standard InChI is InChI=1S/C24H32O3/c25-21-26-19-9-2-1-5-14-23-15-17-24(18-16-23)27-20-10-4-8-13-22-11-6-3-7-12-22/h3,6-7,11-12,15-18,21H,1-2,4-5,8-10,13-14,19-20H2. The Morgan fingerprint density at radius 3 is 1.93 bits per heavy atom. The maximum atomic E-state index is 10.0. The minimum absolute atomic E-state index is 0.522. The maximum Gasteiger partial charge on any atom is 0.293 e. The summed E-state index contributed by atoms with van der Waals surface area (Å²) >= 11 is 0. The van der Waals surface area contributed by atoms with E-state index < -0.39 is 0 Å². The minimum Gasteiger partial charge on any atom is -0.494 e. The molecule has 0 fully saturated rings. The molecular formula is C24H32O3. The molecule has 0 atom stereocenters. The van der Waals surface area contributed by atoms with Gasteiger partial charge in [-0.05, 0) is 68.2 Å². The van der Waals surface area contributed by atoms with Crippen LogP contribution in [0.3, 0.4) is 0 Å². The van der Waals surface area contributed by atoms with Gasteiger partial charge in [0.05, 0.1) is 13.2 Å². The van der Waals surface area contributed by atoms with E-state index in [0.29, 0.717) is 13.1 Å². The molecule has 0 amide bonds. The normalized spacial score (nSPS) is 10.5. The van der Waals surface area contributed by atoms with Gasteiger partial charge < -0.3 is 9.47 Å². The fourth-order valence-corrected chi connectivity index (χ4v) is 3.11. The molecule has 0 spiro atoms. The molecule has 146 valence electrons. The van der Waals surface area contributed by atoms with Gasteiger partial charge in [-0.3, -0.25) is 4.79 Å². The van der Waals surface area contributed by atoms with Crippen molar-refractivity contribution < 1.29 is 14.3 Å². The number of hydrogen-bond acceptors (Lipinski definition) is 3. The molecule has 3 nitrogen and oxygen atoms in total. The van der Waals surface area contributed by atoms with E-state index in [-0.39, 0.29) is 0 Å². The average Bonchev–Trinajstić information content (AvgIpc) is 2.72. The summed E-state index contributed by atoms with van der Waals surface area (Å²) in [6.07, 6.45) is 10.2. The Kier molecular flexibility index (Phi) is 10.8. The van der Waals surface area contributed by atoms with E-state index in [0.717, 1.165) is 44.5 Å². The predicted molar refractivity (Wildman–Crippen MR) is 110 cm³/mol. The summed E-state index contributed by atoms with van der Waals surface area (Å²) in [5.74, 6) is 0.966. The van der Waals surface area contributed by atoms with E-state index >= 15 is 0 Å². The summed E-state index contributed by atoms with van der Waals surface area (Å²) in [5, 5.41) is 0. The van der Waals surface area contributed by atoms with Gasteiger partial charge in [-0.15, -0.1) is 0 Å². The van der Waals surface area contributed by atoms with Crippen LogP contribution in [0.15, 0.2) is 54.6 Å². The summed E-state index contributed by atoms with van der Waals surface area (Å²) in [4.78, 5) is 10.0. The first-order valence-electron chi connectivity index (χ1n) is 10.2. The maximum absolute atomic E-state index is 10.0. The predicted octanol–water partition coefficient (Wildman–Crippen LogP) is 5.75. The molecule has 0 N–H and O–H groups in total. The third kappa shape index (κ3) is 9.83. The number of hydrogen-bond donors (Lipinski definition) is 0. The van der Waals surface area contributed by atoms with Gasteiger partial charge in [0.2, 0.25) is 0 Å². The molecule has 0 bridgehead atoms. The van der Waals surface area contributed by atoms with Crippen LogP contribution in [0.4, 0.5) is 0 Å². The zero-order valence-electron chi connectivity index (χ0n) is 16.3. The van der Waals surface area contributed by atoms with Gasteiger partial charge in [0.25, 0.3) is 6.47 Å². The number of carbonyl (C=O) groups is 1. The topological polar surface area (TPSA) is 35.5 Å². The molecule has 2 aromatic rings. The SMILES string of the molecule is O=COCCCCCCc1ccc(OCCCCCc2ccccc2)cc1. The number of carbonyl (C=O) groups excluding carboxylic acids is 1. The monoisotopic (exact) mass is 368 g/mol. The van der Waals surface area contributed by atoms with E-state index in [9.17, 15) is 4.79 Å². The molecule has 0 saturated heterocycles. The van der Waals surface area contributed by atoms with E-state index in [1.165, 1.54) is 36.8 Å². The summed E-state index contributed by atoms with van der Waals surface area (Å²) in [6, 6.07) is 19.2. The van der Waals surface area contributed by atoms with Crippen LogP contribution >= 0.6 is 0 Å². The second-order valence-corrected chi connectivity index (χ2v) is 6.92. The average molecular weight is 369 g/mol. The van der Waals surface area contributed by atoms with Gasteiger partial charge in [-0.25, -0.2) is 0 Å². The van der Waals surface area contributed by atoms with Gasteiger partial charge in [-0.1, -0.05) is 55.3 Å². The van der Waals surface area contributed by atoms with Crippen molar-refractivity contribution in [1.29, 1.82) is 0 Å². The lowest BCUT2D eigenvalue weighted by Crippen LogP contribution is -1.98. The highest BCUT2D eigenvalue weighted by molar-refractivity contribution is 5.36. The fraction of sp³-hybridized carbons (Fsp3) is 0.458. The van der Waals surface area contributed by atoms with Crippen molar-refractivity contribution in [3.63, 3.8) is 0 Å². The molecular weight excluding hydrogens is 336 g/mol. The number of benzene rings is 2. The molecule has 0 radical (unpaired) electrons. The van der Waals surface area contributed by atoms with Gasteiger partial charge in [0.15, 0.2) is 0 Å². The Bertz CT molecular complexity index is 607. The molecule has 0 aliphatic heterocycles. The molecule has 27 heavy (non-hydrogen) atoms. The molecule has 0 aromatic heterocycles. The highest BCUT2D eigenvalue weighted by atomic mass is 16.5. The molecule has 2 aromatic carbocycles. The second-order valence-electron chi connectivity index (χ2n) is 6.92. The number of aryl methyl sites for hydroxylation is 2. The van der Waals surface area contributed by atoms with Gasteiger partial charge in [0.1, 0.15) is 5.75 Å². The summed E-state index contributed by atoms with van der Waals surface area (Å²) in [6.45, 7) is 1.85. The molecule has 0 heterocycles. The van der Waals surface area contributed by atoms with Crippen molar-refractivity contribution in [3.05, 3.63) is 65.7 Å². The Hall–Kier alpha value is -2.29. The van der Waals surface area contributed by atoms with Gasteiger partial charge in [-0.2, -0.15) is 0 Å². The van der Waals surface area contributed by atoms with Crippen LogP contribution in [-0.4, -0.2) is 19.7 Å². The van der Waals surface area contributed by atoms with Crippen molar-refractivity contribution in [2.24, 2.45) is 0 Å². The van der Waals surface area contributed by atoms with Crippen LogP contribution in [0.2, 0.25) is 0 Å². The van der Waals surface area contributed by atoms with Crippen LogP contribution in [0.5, 0.6) is 5.75 Å². The first-order valence-corrected chi connectivity index (χ1v) is 10.2. The van der Waals surface area contributed by atoms with E-state index in [1.807, 2.05) is 0 Å². The van der Waals surface area contributed by atoms with E-state index in [1.54, 1.807) is 0 Å². The summed E-state index contributed by atoms with van der Waals surface area (Å²) in [5.41, 5.74) is 2.78. The Balaban J connectivity index is 1.49. The molecule has 0 aliphatic carbocycles. The molecule has 3 heteroatoms. The highest BCUT2D eigenvalue weighted by Crippen LogP contribution is 2.15. The number of unbranched alkanes of at least 4 members (excludes halogenated alkanes) is 5. The quantitative estimate of drug-likeness (QED) is 0.296. The largest absolute Gasteiger partial charge is 0.494 e. The van der Waals surface area contributed by atoms with Gasteiger partial charge in [0, 0.05) is 0 Å². The lowest BCUT2D eigenvalue weighted by atomic mass is 10.1. The Morgan fingerprint density at radius 2 is 1.22 bits per heavy atom. The van der Waals surface area contributed by atoms with Crippen LogP contribution < -0.4 is 4.74 Å². The van der Waals surface area contributed by atoms with Crippen LogP contribution in [0.1, 0.15) is 56.1 Å². The Morgan fingerprint density at radius 1 is 0.630 bits per heavy atom. The van der Waals surface area contributed by atoms with Crippen molar-refractivity contribution in [3.8, 4) is 5.75 Å².